The molecule has 1 aromatic rings. The molecular weight excluding hydrogens is 444 g/mol. The van der Waals surface area contributed by atoms with E-state index in [2.05, 4.69) is 0 Å². The number of carbonyl (C=O) groups excluding carboxylic acids is 2. The average molecular weight is 483 g/mol. The molecule has 0 saturated heterocycles. The molecule has 1 aromatic carbocycles. The van der Waals surface area contributed by atoms with Crippen molar-refractivity contribution in [1.29, 1.82) is 0 Å². The molecule has 0 unspecified atom stereocenters. The summed E-state index contributed by atoms with van der Waals surface area (Å²) < 4.78 is 16.7. The van der Waals surface area contributed by atoms with Crippen LogP contribution >= 0.6 is 0 Å². The molecule has 0 amide bonds. The second-order valence-corrected chi connectivity index (χ2v) is 10.2. The van der Waals surface area contributed by atoms with E-state index in [1.165, 1.54) is 38.9 Å². The van der Waals surface area contributed by atoms with E-state index in [0.29, 0.717) is 52.9 Å². The van der Waals surface area contributed by atoms with Crippen LogP contribution in [0.5, 0.6) is 17.2 Å². The fourth-order valence-electron chi connectivity index (χ4n) is 6.10. The third-order valence-corrected chi connectivity index (χ3v) is 7.96. The number of ketones is 2. The summed E-state index contributed by atoms with van der Waals surface area (Å²) in [5, 5.41) is 11.5. The van der Waals surface area contributed by atoms with Crippen molar-refractivity contribution in [1.82, 2.24) is 0 Å². The highest BCUT2D eigenvalue weighted by Crippen LogP contribution is 2.46. The molecule has 0 spiro atoms. The Morgan fingerprint density at radius 3 is 1.97 bits per heavy atom. The van der Waals surface area contributed by atoms with Gasteiger partial charge in [-0.2, -0.15) is 0 Å². The SMILES string of the molecule is COC1=C(CC2CCCCC2)C(=O)C(c2cc(OC)c(OC)c(CC3CCCCC3)c2O)=CC1=O. The van der Waals surface area contributed by atoms with E-state index in [0.717, 1.165) is 38.5 Å². The lowest BCUT2D eigenvalue weighted by molar-refractivity contribution is -0.117. The highest BCUT2D eigenvalue weighted by molar-refractivity contribution is 6.37. The van der Waals surface area contributed by atoms with Crippen molar-refractivity contribution in [2.45, 2.75) is 77.0 Å². The molecule has 2 saturated carbocycles. The molecule has 3 aliphatic carbocycles. The van der Waals surface area contributed by atoms with E-state index in [4.69, 9.17) is 14.2 Å². The Kier molecular flexibility index (Phi) is 8.19. The number of carbonyl (C=O) groups is 2. The maximum atomic E-state index is 13.8. The van der Waals surface area contributed by atoms with Gasteiger partial charge in [0.2, 0.25) is 5.78 Å². The van der Waals surface area contributed by atoms with E-state index in [9.17, 15) is 14.7 Å². The molecule has 0 bridgehead atoms. The second kappa shape index (κ2) is 11.3. The van der Waals surface area contributed by atoms with Gasteiger partial charge in [0.25, 0.3) is 0 Å². The quantitative estimate of drug-likeness (QED) is 0.462. The number of phenols is 1. The first-order chi connectivity index (χ1) is 17.0. The van der Waals surface area contributed by atoms with Crippen molar-refractivity contribution in [2.75, 3.05) is 21.3 Å². The molecule has 190 valence electrons. The van der Waals surface area contributed by atoms with Gasteiger partial charge in [0.15, 0.2) is 23.0 Å². The number of methoxy groups -OCH3 is 3. The van der Waals surface area contributed by atoms with Crippen molar-refractivity contribution in [3.63, 3.8) is 0 Å². The molecule has 0 radical (unpaired) electrons. The molecule has 0 aliphatic heterocycles. The standard InChI is InChI=1S/C29H38O6/c1-33-25-17-21(27(32)23(29(25)35-3)15-19-12-8-5-9-13-19)20-16-24(30)28(34-2)22(26(20)31)14-18-10-6-4-7-11-18/h16-19,32H,4-15H2,1-3H3. The van der Waals surface area contributed by atoms with Gasteiger partial charge < -0.3 is 19.3 Å². The zero-order chi connectivity index (χ0) is 24.9. The summed E-state index contributed by atoms with van der Waals surface area (Å²) in [6.07, 6.45) is 13.9. The maximum absolute atomic E-state index is 13.8. The molecule has 0 heterocycles. The van der Waals surface area contributed by atoms with Crippen LogP contribution < -0.4 is 9.47 Å². The van der Waals surface area contributed by atoms with Crippen molar-refractivity contribution in [3.05, 3.63) is 34.6 Å². The number of aromatic hydroxyl groups is 1. The predicted octanol–water partition coefficient (Wildman–Crippen LogP) is 5.94. The molecular formula is C29H38O6. The van der Waals surface area contributed by atoms with Gasteiger partial charge in [-0.1, -0.05) is 64.2 Å². The van der Waals surface area contributed by atoms with Crippen LogP contribution in [0.15, 0.2) is 23.5 Å². The number of hydrogen-bond donors (Lipinski definition) is 1. The van der Waals surface area contributed by atoms with Crippen LogP contribution in [-0.4, -0.2) is 38.0 Å². The summed E-state index contributed by atoms with van der Waals surface area (Å²) in [4.78, 5) is 26.8. The van der Waals surface area contributed by atoms with E-state index < -0.39 is 0 Å². The number of allylic oxidation sites excluding steroid dienone is 3. The van der Waals surface area contributed by atoms with Crippen LogP contribution in [0.25, 0.3) is 5.57 Å². The summed E-state index contributed by atoms with van der Waals surface area (Å²) in [5.41, 5.74) is 1.59. The van der Waals surface area contributed by atoms with Crippen molar-refractivity contribution in [2.24, 2.45) is 11.8 Å². The Hall–Kier alpha value is -2.76. The minimum Gasteiger partial charge on any atom is -0.507 e. The van der Waals surface area contributed by atoms with E-state index >= 15 is 0 Å². The fourth-order valence-corrected chi connectivity index (χ4v) is 6.10. The van der Waals surface area contributed by atoms with Gasteiger partial charge in [0.1, 0.15) is 5.75 Å². The van der Waals surface area contributed by atoms with Crippen LogP contribution in [0.2, 0.25) is 0 Å². The molecule has 1 N–H and O–H groups in total. The number of Topliss-reactive ketones (excluding diaryl/α,β-unsaturated/α-hetero) is 1. The van der Waals surface area contributed by atoms with Gasteiger partial charge in [0.05, 0.1) is 21.3 Å². The Labute approximate surface area is 208 Å². The first kappa shape index (κ1) is 25.3. The molecule has 3 aliphatic rings. The topological polar surface area (TPSA) is 82.1 Å². The molecule has 0 atom stereocenters. The van der Waals surface area contributed by atoms with Crippen LogP contribution in [0, 0.1) is 11.8 Å². The monoisotopic (exact) mass is 482 g/mol. The van der Waals surface area contributed by atoms with Gasteiger partial charge in [-0.05, 0) is 30.7 Å². The van der Waals surface area contributed by atoms with Gasteiger partial charge in [0, 0.05) is 28.3 Å². The first-order valence-electron chi connectivity index (χ1n) is 13.0. The van der Waals surface area contributed by atoms with E-state index in [1.807, 2.05) is 0 Å². The Morgan fingerprint density at radius 2 is 1.43 bits per heavy atom. The molecule has 35 heavy (non-hydrogen) atoms. The first-order valence-corrected chi connectivity index (χ1v) is 13.0. The number of benzene rings is 1. The minimum atomic E-state index is -0.337. The van der Waals surface area contributed by atoms with Crippen LogP contribution in [0.3, 0.4) is 0 Å². The van der Waals surface area contributed by atoms with E-state index in [-0.39, 0.29) is 28.6 Å². The summed E-state index contributed by atoms with van der Waals surface area (Å²) in [6.45, 7) is 0. The second-order valence-electron chi connectivity index (χ2n) is 10.2. The van der Waals surface area contributed by atoms with E-state index in [1.54, 1.807) is 20.3 Å². The number of hydrogen-bond acceptors (Lipinski definition) is 6. The van der Waals surface area contributed by atoms with Gasteiger partial charge in [-0.25, -0.2) is 0 Å². The molecule has 0 aromatic heterocycles. The third-order valence-electron chi connectivity index (χ3n) is 7.96. The van der Waals surface area contributed by atoms with Gasteiger partial charge in [-0.15, -0.1) is 0 Å². The fraction of sp³-hybridized carbons (Fsp3) is 0.586. The van der Waals surface area contributed by atoms with Crippen molar-refractivity contribution in [3.8, 4) is 17.2 Å². The molecule has 6 nitrogen and oxygen atoms in total. The van der Waals surface area contributed by atoms with Gasteiger partial charge >= 0.3 is 0 Å². The lowest BCUT2D eigenvalue weighted by Crippen LogP contribution is -2.22. The normalized spacial score (nSPS) is 20.1. The van der Waals surface area contributed by atoms with Crippen molar-refractivity contribution < 1.29 is 28.9 Å². The zero-order valence-electron chi connectivity index (χ0n) is 21.3. The predicted molar refractivity (Wildman–Crippen MR) is 135 cm³/mol. The largest absolute Gasteiger partial charge is 0.507 e. The summed E-state index contributed by atoms with van der Waals surface area (Å²) >= 11 is 0. The average Bonchev–Trinajstić information content (AvgIpc) is 2.88. The van der Waals surface area contributed by atoms with Crippen LogP contribution in [0.1, 0.15) is 81.8 Å². The number of rotatable bonds is 8. The molecule has 2 fully saturated rings. The maximum Gasteiger partial charge on any atom is 0.221 e. The molecule has 6 heteroatoms. The zero-order valence-corrected chi connectivity index (χ0v) is 21.3. The Bertz CT molecular complexity index is 1020. The number of phenolic OH excluding ortho intramolecular Hbond substituents is 1. The highest BCUT2D eigenvalue weighted by Gasteiger charge is 2.35. The van der Waals surface area contributed by atoms with Gasteiger partial charge in [-0.3, -0.25) is 9.59 Å². The summed E-state index contributed by atoms with van der Waals surface area (Å²) in [7, 11) is 4.55. The Morgan fingerprint density at radius 1 is 0.829 bits per heavy atom. The van der Waals surface area contributed by atoms with Crippen molar-refractivity contribution >= 4 is 17.1 Å². The summed E-state index contributed by atoms with van der Waals surface area (Å²) in [6, 6.07) is 1.62. The smallest absolute Gasteiger partial charge is 0.221 e. The highest BCUT2D eigenvalue weighted by atomic mass is 16.5. The third kappa shape index (κ3) is 5.26. The minimum absolute atomic E-state index is 0.00138. The summed E-state index contributed by atoms with van der Waals surface area (Å²) in [5.74, 6) is 1.27. The molecule has 4 rings (SSSR count). The van der Waals surface area contributed by atoms with Crippen LogP contribution in [-0.2, 0) is 20.7 Å². The lowest BCUT2D eigenvalue weighted by Gasteiger charge is -2.27. The Balaban J connectivity index is 1.74. The lowest BCUT2D eigenvalue weighted by atomic mass is 9.79. The number of ether oxygens (including phenoxy) is 3. The van der Waals surface area contributed by atoms with Crippen LogP contribution in [0.4, 0.5) is 0 Å².